The first-order valence-corrected chi connectivity index (χ1v) is 7.75. The molecule has 120 valence electrons. The SMILES string of the molecule is O=C1NC(=Nc2ccc(C(=O)O)cc2)S/C1=C\c1cccc(O)c1. The van der Waals surface area contributed by atoms with Crippen LogP contribution in [0.1, 0.15) is 15.9 Å². The molecule has 0 saturated carbocycles. The molecule has 0 atom stereocenters. The van der Waals surface area contributed by atoms with Gasteiger partial charge in [0.1, 0.15) is 5.75 Å². The van der Waals surface area contributed by atoms with Crippen molar-refractivity contribution in [3.05, 3.63) is 64.6 Å². The molecule has 0 radical (unpaired) electrons. The highest BCUT2D eigenvalue weighted by molar-refractivity contribution is 8.18. The maximum atomic E-state index is 12.0. The van der Waals surface area contributed by atoms with Crippen molar-refractivity contribution in [2.24, 2.45) is 4.99 Å². The fourth-order valence-corrected chi connectivity index (χ4v) is 2.88. The molecular weight excluding hydrogens is 328 g/mol. The van der Waals surface area contributed by atoms with Crippen LogP contribution in [0.25, 0.3) is 6.08 Å². The van der Waals surface area contributed by atoms with Gasteiger partial charge in [-0.1, -0.05) is 12.1 Å². The van der Waals surface area contributed by atoms with Gasteiger partial charge in [0.05, 0.1) is 16.2 Å². The third kappa shape index (κ3) is 3.64. The summed E-state index contributed by atoms with van der Waals surface area (Å²) >= 11 is 1.18. The maximum absolute atomic E-state index is 12.0. The Balaban J connectivity index is 1.80. The Labute approximate surface area is 141 Å². The first kappa shape index (κ1) is 15.8. The molecule has 0 aliphatic carbocycles. The van der Waals surface area contributed by atoms with Gasteiger partial charge in [-0.25, -0.2) is 9.79 Å². The van der Waals surface area contributed by atoms with E-state index in [0.29, 0.717) is 21.3 Å². The van der Waals surface area contributed by atoms with Gasteiger partial charge in [0.25, 0.3) is 5.91 Å². The Morgan fingerprint density at radius 3 is 2.58 bits per heavy atom. The van der Waals surface area contributed by atoms with Crippen LogP contribution in [0, 0.1) is 0 Å². The minimum atomic E-state index is -1.01. The van der Waals surface area contributed by atoms with E-state index in [1.54, 1.807) is 42.5 Å². The Bertz CT molecular complexity index is 872. The van der Waals surface area contributed by atoms with Gasteiger partial charge in [0.2, 0.25) is 0 Å². The van der Waals surface area contributed by atoms with Crippen molar-refractivity contribution < 1.29 is 19.8 Å². The summed E-state index contributed by atoms with van der Waals surface area (Å²) in [5, 5.41) is 21.4. The van der Waals surface area contributed by atoms with Gasteiger partial charge in [-0.05, 0) is 59.8 Å². The van der Waals surface area contributed by atoms with Crippen molar-refractivity contribution in [2.75, 3.05) is 0 Å². The van der Waals surface area contributed by atoms with Gasteiger partial charge < -0.3 is 15.5 Å². The molecule has 3 N–H and O–H groups in total. The van der Waals surface area contributed by atoms with Gasteiger partial charge in [-0.2, -0.15) is 0 Å². The summed E-state index contributed by atoms with van der Waals surface area (Å²) < 4.78 is 0. The summed E-state index contributed by atoms with van der Waals surface area (Å²) in [4.78, 5) is 27.5. The smallest absolute Gasteiger partial charge is 0.335 e. The Kier molecular flexibility index (Phi) is 4.35. The second kappa shape index (κ2) is 6.59. The number of thioether (sulfide) groups is 1. The van der Waals surface area contributed by atoms with E-state index in [2.05, 4.69) is 10.3 Å². The minimum absolute atomic E-state index is 0.125. The van der Waals surface area contributed by atoms with E-state index in [9.17, 15) is 14.7 Å². The number of aromatic carboxylic acids is 1. The van der Waals surface area contributed by atoms with Gasteiger partial charge >= 0.3 is 5.97 Å². The van der Waals surface area contributed by atoms with E-state index in [0.717, 1.165) is 0 Å². The number of carboxylic acids is 1. The van der Waals surface area contributed by atoms with Crippen LogP contribution in [0.5, 0.6) is 5.75 Å². The van der Waals surface area contributed by atoms with Crippen LogP contribution in [0.4, 0.5) is 5.69 Å². The van der Waals surface area contributed by atoms with Crippen molar-refractivity contribution in [2.45, 2.75) is 0 Å². The summed E-state index contributed by atoms with van der Waals surface area (Å²) in [6, 6.07) is 12.6. The summed E-state index contributed by atoms with van der Waals surface area (Å²) in [5.41, 5.74) is 1.42. The molecule has 1 saturated heterocycles. The molecule has 6 nitrogen and oxygen atoms in total. The van der Waals surface area contributed by atoms with E-state index in [4.69, 9.17) is 5.11 Å². The molecular formula is C17H12N2O4S. The lowest BCUT2D eigenvalue weighted by Gasteiger charge is -1.97. The van der Waals surface area contributed by atoms with E-state index < -0.39 is 5.97 Å². The number of carbonyl (C=O) groups excluding carboxylic acids is 1. The minimum Gasteiger partial charge on any atom is -0.508 e. The Morgan fingerprint density at radius 2 is 1.92 bits per heavy atom. The summed E-state index contributed by atoms with van der Waals surface area (Å²) in [5.74, 6) is -1.15. The zero-order valence-corrected chi connectivity index (χ0v) is 13.1. The van der Waals surface area contributed by atoms with Crippen LogP contribution in [0.15, 0.2) is 58.4 Å². The lowest BCUT2D eigenvalue weighted by Crippen LogP contribution is -2.19. The summed E-state index contributed by atoms with van der Waals surface area (Å²) in [7, 11) is 0. The molecule has 0 spiro atoms. The van der Waals surface area contributed by atoms with Crippen LogP contribution in [0.2, 0.25) is 0 Å². The molecule has 1 aliphatic heterocycles. The number of hydrogen-bond acceptors (Lipinski definition) is 5. The predicted octanol–water partition coefficient (Wildman–Crippen LogP) is 2.98. The monoisotopic (exact) mass is 340 g/mol. The molecule has 1 heterocycles. The summed E-state index contributed by atoms with van der Waals surface area (Å²) in [6.07, 6.45) is 1.66. The number of carboxylic acid groups (broad SMARTS) is 1. The van der Waals surface area contributed by atoms with Gasteiger partial charge in [0, 0.05) is 0 Å². The second-order valence-corrected chi connectivity index (χ2v) is 5.96. The fraction of sp³-hybridized carbons (Fsp3) is 0. The largest absolute Gasteiger partial charge is 0.508 e. The number of amidine groups is 1. The molecule has 24 heavy (non-hydrogen) atoms. The third-order valence-corrected chi connectivity index (χ3v) is 4.07. The number of nitrogens with zero attached hydrogens (tertiary/aromatic N) is 1. The molecule has 0 bridgehead atoms. The quantitative estimate of drug-likeness (QED) is 0.746. The molecule has 0 aromatic heterocycles. The molecule has 2 aromatic rings. The van der Waals surface area contributed by atoms with E-state index in [-0.39, 0.29) is 17.2 Å². The zero-order valence-electron chi connectivity index (χ0n) is 12.3. The Morgan fingerprint density at radius 1 is 1.17 bits per heavy atom. The highest BCUT2D eigenvalue weighted by Crippen LogP contribution is 2.28. The second-order valence-electron chi connectivity index (χ2n) is 4.93. The maximum Gasteiger partial charge on any atom is 0.335 e. The van der Waals surface area contributed by atoms with Crippen molar-refractivity contribution in [1.82, 2.24) is 5.32 Å². The van der Waals surface area contributed by atoms with Crippen molar-refractivity contribution >= 4 is 40.6 Å². The van der Waals surface area contributed by atoms with Crippen LogP contribution >= 0.6 is 11.8 Å². The number of phenols is 1. The Hall–Kier alpha value is -3.06. The number of aliphatic imine (C=N–C) groups is 1. The van der Waals surface area contributed by atoms with Crippen LogP contribution in [-0.4, -0.2) is 27.3 Å². The molecule has 2 aromatic carbocycles. The lowest BCUT2D eigenvalue weighted by atomic mass is 10.2. The van der Waals surface area contributed by atoms with Crippen molar-refractivity contribution in [1.29, 1.82) is 0 Å². The highest BCUT2D eigenvalue weighted by Gasteiger charge is 2.23. The van der Waals surface area contributed by atoms with Crippen LogP contribution in [0.3, 0.4) is 0 Å². The van der Waals surface area contributed by atoms with Crippen LogP contribution in [-0.2, 0) is 4.79 Å². The van der Waals surface area contributed by atoms with Gasteiger partial charge in [0.15, 0.2) is 5.17 Å². The molecule has 7 heteroatoms. The number of benzene rings is 2. The van der Waals surface area contributed by atoms with E-state index >= 15 is 0 Å². The number of carbonyl (C=O) groups is 2. The fourth-order valence-electron chi connectivity index (χ4n) is 2.04. The average Bonchev–Trinajstić information content (AvgIpc) is 2.87. The van der Waals surface area contributed by atoms with E-state index in [1.807, 2.05) is 0 Å². The topological polar surface area (TPSA) is 99.0 Å². The van der Waals surface area contributed by atoms with Crippen molar-refractivity contribution in [3.63, 3.8) is 0 Å². The highest BCUT2D eigenvalue weighted by atomic mass is 32.2. The summed E-state index contributed by atoms with van der Waals surface area (Å²) in [6.45, 7) is 0. The number of amides is 1. The standard InChI is InChI=1S/C17H12N2O4S/c20-13-3-1-2-10(8-13)9-14-15(21)19-17(24-14)18-12-6-4-11(5-7-12)16(22)23/h1-9,20H,(H,22,23)(H,18,19,21)/b14-9-. The molecule has 1 fully saturated rings. The number of rotatable bonds is 3. The van der Waals surface area contributed by atoms with Crippen LogP contribution < -0.4 is 5.32 Å². The van der Waals surface area contributed by atoms with Crippen molar-refractivity contribution in [3.8, 4) is 5.75 Å². The number of aromatic hydroxyl groups is 1. The normalized spacial score (nSPS) is 17.2. The molecule has 3 rings (SSSR count). The van der Waals surface area contributed by atoms with Gasteiger partial charge in [-0.15, -0.1) is 0 Å². The third-order valence-electron chi connectivity index (χ3n) is 3.16. The molecule has 0 unspecified atom stereocenters. The lowest BCUT2D eigenvalue weighted by molar-refractivity contribution is -0.115. The van der Waals surface area contributed by atoms with Gasteiger partial charge in [-0.3, -0.25) is 4.79 Å². The number of hydrogen-bond donors (Lipinski definition) is 3. The average molecular weight is 340 g/mol. The molecule has 1 aliphatic rings. The molecule has 1 amide bonds. The number of nitrogens with one attached hydrogen (secondary N) is 1. The van der Waals surface area contributed by atoms with E-state index in [1.165, 1.54) is 23.9 Å². The predicted molar refractivity (Wildman–Crippen MR) is 92.3 cm³/mol. The number of phenolic OH excluding ortho intramolecular Hbond substituents is 1. The first-order valence-electron chi connectivity index (χ1n) is 6.93. The zero-order chi connectivity index (χ0) is 17.1. The first-order chi connectivity index (χ1) is 11.5.